The summed E-state index contributed by atoms with van der Waals surface area (Å²) in [5.41, 5.74) is 0. The first-order valence-electron chi connectivity index (χ1n) is 3.25. The van der Waals surface area contributed by atoms with Crippen LogP contribution in [0.3, 0.4) is 0 Å². The highest BCUT2D eigenvalue weighted by molar-refractivity contribution is 4.64. The second kappa shape index (κ2) is 15.7. The second-order valence-corrected chi connectivity index (χ2v) is 1.65. The Hall–Kier alpha value is -0.770. The van der Waals surface area contributed by atoms with Gasteiger partial charge in [0, 0.05) is 6.92 Å². The fourth-order valence-electron chi connectivity index (χ4n) is 0.348. The van der Waals surface area contributed by atoms with E-state index >= 15 is 0 Å². The molecule has 0 unspecified atom stereocenters. The van der Waals surface area contributed by atoms with Crippen molar-refractivity contribution in [2.75, 3.05) is 0 Å². The van der Waals surface area contributed by atoms with E-state index in [9.17, 15) is 0 Å². The lowest BCUT2D eigenvalue weighted by atomic mass is 10.3. The molecule has 0 fully saturated rings. The largest absolute Gasteiger partial charge is 0.199 e. The minimum atomic E-state index is 1.18. The van der Waals surface area contributed by atoms with Crippen LogP contribution in [0.4, 0.5) is 0 Å². The van der Waals surface area contributed by atoms with Gasteiger partial charge in [0.2, 0.25) is 0 Å². The lowest BCUT2D eigenvalue weighted by molar-refractivity contribution is 0.816. The third-order valence-corrected chi connectivity index (χ3v) is 0.762. The van der Waals surface area contributed by atoms with E-state index in [1.165, 1.54) is 26.2 Å². The number of nitrogens with zero attached hydrogens (tertiary/aromatic N) is 1. The summed E-state index contributed by atoms with van der Waals surface area (Å²) in [5.74, 6) is 0. The maximum Gasteiger partial charge on any atom is 0.0587 e. The average molecular weight is 125 g/mol. The van der Waals surface area contributed by atoms with Crippen LogP contribution in [0.25, 0.3) is 0 Å². The summed E-state index contributed by atoms with van der Waals surface area (Å²) >= 11 is 0. The molecule has 0 aromatic rings. The van der Waals surface area contributed by atoms with E-state index in [0.717, 1.165) is 0 Å². The van der Waals surface area contributed by atoms with Gasteiger partial charge >= 0.3 is 0 Å². The molecule has 1 nitrogen and oxygen atoms in total. The fraction of sp³-hybridized carbons (Fsp3) is 0.625. The van der Waals surface area contributed by atoms with Crippen molar-refractivity contribution in [2.24, 2.45) is 0 Å². The number of allylic oxidation sites excluding steroid dienone is 1. The molecule has 0 aliphatic rings. The lowest BCUT2D eigenvalue weighted by Crippen LogP contribution is -1.61. The van der Waals surface area contributed by atoms with Gasteiger partial charge in [0.15, 0.2) is 0 Å². The molecule has 0 spiro atoms. The highest BCUT2D eigenvalue weighted by Gasteiger charge is 1.71. The molecule has 0 amide bonds. The van der Waals surface area contributed by atoms with Crippen molar-refractivity contribution in [3.8, 4) is 6.07 Å². The van der Waals surface area contributed by atoms with Crippen molar-refractivity contribution in [3.05, 3.63) is 12.7 Å². The van der Waals surface area contributed by atoms with E-state index in [-0.39, 0.29) is 0 Å². The Morgan fingerprint density at radius 2 is 2.11 bits per heavy atom. The van der Waals surface area contributed by atoms with Gasteiger partial charge in [-0.3, -0.25) is 0 Å². The molecular weight excluding hydrogens is 110 g/mol. The van der Waals surface area contributed by atoms with Crippen LogP contribution in [0, 0.1) is 11.3 Å². The van der Waals surface area contributed by atoms with Crippen molar-refractivity contribution in [1.82, 2.24) is 0 Å². The molecule has 52 valence electrons. The van der Waals surface area contributed by atoms with Gasteiger partial charge in [0.25, 0.3) is 0 Å². The average Bonchev–Trinajstić information content (AvgIpc) is 1.86. The maximum absolute atomic E-state index is 7.32. The molecule has 0 aromatic carbocycles. The smallest absolute Gasteiger partial charge is 0.0587 e. The number of rotatable bonds is 3. The summed E-state index contributed by atoms with van der Waals surface area (Å²) in [5, 5.41) is 7.32. The van der Waals surface area contributed by atoms with Gasteiger partial charge in [-0.05, 0) is 6.42 Å². The van der Waals surface area contributed by atoms with Crippen molar-refractivity contribution in [1.29, 1.82) is 5.26 Å². The number of nitriles is 1. The predicted molar refractivity (Wildman–Crippen MR) is 41.0 cm³/mol. The summed E-state index contributed by atoms with van der Waals surface area (Å²) in [7, 11) is 0. The van der Waals surface area contributed by atoms with Gasteiger partial charge in [0.1, 0.15) is 0 Å². The van der Waals surface area contributed by atoms with E-state index in [1.54, 1.807) is 6.07 Å². The van der Waals surface area contributed by atoms with E-state index in [0.29, 0.717) is 0 Å². The molecule has 0 saturated carbocycles. The lowest BCUT2D eigenvalue weighted by Gasteiger charge is -1.81. The van der Waals surface area contributed by atoms with E-state index in [4.69, 9.17) is 5.26 Å². The predicted octanol–water partition coefficient (Wildman–Crippen LogP) is 2.89. The molecule has 0 atom stereocenters. The first kappa shape index (κ1) is 11.1. The van der Waals surface area contributed by atoms with Gasteiger partial charge < -0.3 is 0 Å². The zero-order valence-electron chi connectivity index (χ0n) is 6.35. The normalized spacial score (nSPS) is 6.33. The minimum absolute atomic E-state index is 1.18. The van der Waals surface area contributed by atoms with Gasteiger partial charge in [-0.1, -0.05) is 25.8 Å². The molecule has 0 aliphatic heterocycles. The number of hydrogen-bond donors (Lipinski definition) is 0. The summed E-state index contributed by atoms with van der Waals surface area (Å²) in [4.78, 5) is 0. The molecule has 9 heavy (non-hydrogen) atoms. The zero-order valence-corrected chi connectivity index (χ0v) is 6.35. The first-order valence-corrected chi connectivity index (χ1v) is 3.25. The van der Waals surface area contributed by atoms with Crippen LogP contribution in [0.2, 0.25) is 0 Å². The highest BCUT2D eigenvalue weighted by Crippen LogP contribution is 1.91. The molecule has 0 saturated heterocycles. The molecule has 1 heteroatoms. The van der Waals surface area contributed by atoms with Gasteiger partial charge in [-0.15, -0.1) is 6.58 Å². The third kappa shape index (κ3) is 39.8. The molecule has 0 bridgehead atoms. The monoisotopic (exact) mass is 125 g/mol. The molecule has 0 radical (unpaired) electrons. The van der Waals surface area contributed by atoms with Crippen molar-refractivity contribution < 1.29 is 0 Å². The second-order valence-electron chi connectivity index (χ2n) is 1.65. The maximum atomic E-state index is 7.32. The standard InChI is InChI=1S/C6H12.C2H3N/c1-3-5-6-4-2;1-2-3/h3H,1,4-6H2,2H3;1H3. The van der Waals surface area contributed by atoms with Crippen molar-refractivity contribution >= 4 is 0 Å². The first-order chi connectivity index (χ1) is 4.33. The quantitative estimate of drug-likeness (QED) is 0.420. The van der Waals surface area contributed by atoms with Crippen LogP contribution in [0.1, 0.15) is 33.1 Å². The zero-order chi connectivity index (χ0) is 7.54. The van der Waals surface area contributed by atoms with Crippen LogP contribution < -0.4 is 0 Å². The minimum Gasteiger partial charge on any atom is -0.199 e. The molecule has 0 N–H and O–H groups in total. The SMILES string of the molecule is C=CCCCC.CC#N. The Morgan fingerprint density at radius 1 is 1.67 bits per heavy atom. The fourth-order valence-corrected chi connectivity index (χ4v) is 0.348. The summed E-state index contributed by atoms with van der Waals surface area (Å²) in [6, 6.07) is 1.75. The molecule has 0 rings (SSSR count). The Kier molecular flexibility index (Phi) is 19.3. The Bertz CT molecular complexity index is 79.1. The van der Waals surface area contributed by atoms with Crippen LogP contribution in [0.5, 0.6) is 0 Å². The summed E-state index contributed by atoms with van der Waals surface area (Å²) in [6.07, 6.45) is 5.72. The molecule has 0 aromatic heterocycles. The Morgan fingerprint density at radius 3 is 2.22 bits per heavy atom. The molecular formula is C8H15N. The van der Waals surface area contributed by atoms with Crippen LogP contribution in [-0.4, -0.2) is 0 Å². The number of hydrogen-bond acceptors (Lipinski definition) is 1. The van der Waals surface area contributed by atoms with Gasteiger partial charge in [0.05, 0.1) is 6.07 Å². The van der Waals surface area contributed by atoms with Crippen LogP contribution in [0.15, 0.2) is 12.7 Å². The topological polar surface area (TPSA) is 23.8 Å². The molecule has 0 heterocycles. The number of unbranched alkanes of at least 4 members (excludes halogenated alkanes) is 2. The Labute approximate surface area is 58.0 Å². The Balaban J connectivity index is 0. The molecule has 0 aliphatic carbocycles. The highest BCUT2D eigenvalue weighted by atomic mass is 14.2. The van der Waals surface area contributed by atoms with E-state index in [1.807, 2.05) is 6.08 Å². The third-order valence-electron chi connectivity index (χ3n) is 0.762. The van der Waals surface area contributed by atoms with Crippen molar-refractivity contribution in [2.45, 2.75) is 33.1 Å². The summed E-state index contributed by atoms with van der Waals surface area (Å²) < 4.78 is 0. The van der Waals surface area contributed by atoms with E-state index in [2.05, 4.69) is 13.5 Å². The van der Waals surface area contributed by atoms with E-state index < -0.39 is 0 Å². The van der Waals surface area contributed by atoms with Crippen LogP contribution in [-0.2, 0) is 0 Å². The van der Waals surface area contributed by atoms with Gasteiger partial charge in [-0.25, -0.2) is 0 Å². The van der Waals surface area contributed by atoms with Crippen molar-refractivity contribution in [3.63, 3.8) is 0 Å². The van der Waals surface area contributed by atoms with Gasteiger partial charge in [-0.2, -0.15) is 5.26 Å². The van der Waals surface area contributed by atoms with Crippen LogP contribution >= 0.6 is 0 Å². The summed E-state index contributed by atoms with van der Waals surface area (Å²) in [6.45, 7) is 7.21.